The molecule has 0 saturated carbocycles. The zero-order valence-corrected chi connectivity index (χ0v) is 11.0. The second kappa shape index (κ2) is 4.70. The van der Waals surface area contributed by atoms with Crippen molar-refractivity contribution in [1.82, 2.24) is 15.0 Å². The van der Waals surface area contributed by atoms with Crippen LogP contribution in [0.5, 0.6) is 5.75 Å². The summed E-state index contributed by atoms with van der Waals surface area (Å²) in [5, 5.41) is 17.7. The predicted molar refractivity (Wildman–Crippen MR) is 77.6 cm³/mol. The van der Waals surface area contributed by atoms with Crippen molar-refractivity contribution in [1.29, 1.82) is 0 Å². The maximum atomic E-state index is 9.52. The van der Waals surface area contributed by atoms with Gasteiger partial charge in [0.25, 0.3) is 0 Å². The summed E-state index contributed by atoms with van der Waals surface area (Å²) in [4.78, 5) is 0. The van der Waals surface area contributed by atoms with Gasteiger partial charge in [-0.05, 0) is 19.1 Å². The molecule has 1 heterocycles. The monoisotopic (exact) mass is 266 g/mol. The minimum absolute atomic E-state index is 0.161. The minimum atomic E-state index is 0.161. The SMILES string of the molecule is Cc1ccc(-c2nnn(-c3cccc(O)c3)c2N)cc1. The fourth-order valence-electron chi connectivity index (χ4n) is 2.02. The van der Waals surface area contributed by atoms with Crippen LogP contribution in [-0.4, -0.2) is 20.1 Å². The van der Waals surface area contributed by atoms with E-state index in [0.717, 1.165) is 5.56 Å². The predicted octanol–water partition coefficient (Wildman–Crippen LogP) is 2.53. The van der Waals surface area contributed by atoms with Crippen LogP contribution in [0, 0.1) is 6.92 Å². The van der Waals surface area contributed by atoms with Gasteiger partial charge in [0, 0.05) is 11.6 Å². The molecule has 0 radical (unpaired) electrons. The van der Waals surface area contributed by atoms with E-state index < -0.39 is 0 Å². The summed E-state index contributed by atoms with van der Waals surface area (Å²) in [5.41, 5.74) is 9.51. The van der Waals surface area contributed by atoms with Crippen molar-refractivity contribution in [2.24, 2.45) is 0 Å². The number of aryl methyl sites for hydroxylation is 1. The van der Waals surface area contributed by atoms with Gasteiger partial charge in [-0.25, -0.2) is 0 Å². The highest BCUT2D eigenvalue weighted by atomic mass is 16.3. The molecule has 0 saturated heterocycles. The van der Waals surface area contributed by atoms with Crippen LogP contribution in [0.4, 0.5) is 5.82 Å². The number of anilines is 1. The highest BCUT2D eigenvalue weighted by Gasteiger charge is 2.13. The van der Waals surface area contributed by atoms with Crippen LogP contribution in [0.2, 0.25) is 0 Å². The molecule has 0 aliphatic heterocycles. The van der Waals surface area contributed by atoms with Crippen molar-refractivity contribution >= 4 is 5.82 Å². The molecule has 0 fully saturated rings. The van der Waals surface area contributed by atoms with E-state index in [-0.39, 0.29) is 5.75 Å². The molecule has 0 atom stereocenters. The molecule has 1 aromatic heterocycles. The molecule has 3 rings (SSSR count). The summed E-state index contributed by atoms with van der Waals surface area (Å²) < 4.78 is 1.51. The summed E-state index contributed by atoms with van der Waals surface area (Å²) in [6.45, 7) is 2.02. The second-order valence-corrected chi connectivity index (χ2v) is 4.62. The fraction of sp³-hybridized carbons (Fsp3) is 0.0667. The Labute approximate surface area is 116 Å². The van der Waals surface area contributed by atoms with Crippen molar-refractivity contribution in [2.45, 2.75) is 6.92 Å². The summed E-state index contributed by atoms with van der Waals surface area (Å²) in [5.74, 6) is 0.605. The van der Waals surface area contributed by atoms with Crippen molar-refractivity contribution in [3.8, 4) is 22.7 Å². The number of phenolic OH excluding ortho intramolecular Hbond substituents is 1. The summed E-state index contributed by atoms with van der Waals surface area (Å²) >= 11 is 0. The first-order chi connectivity index (χ1) is 9.65. The Morgan fingerprint density at radius 1 is 1.10 bits per heavy atom. The van der Waals surface area contributed by atoms with Gasteiger partial charge in [-0.1, -0.05) is 41.1 Å². The maximum absolute atomic E-state index is 9.52. The lowest BCUT2D eigenvalue weighted by atomic mass is 10.1. The Kier molecular flexibility index (Phi) is 2.87. The first kappa shape index (κ1) is 12.2. The van der Waals surface area contributed by atoms with E-state index in [1.54, 1.807) is 18.2 Å². The number of nitrogens with two attached hydrogens (primary N) is 1. The molecule has 0 aliphatic rings. The zero-order chi connectivity index (χ0) is 14.1. The lowest BCUT2D eigenvalue weighted by Gasteiger charge is -2.04. The lowest BCUT2D eigenvalue weighted by molar-refractivity contribution is 0.475. The molecule has 3 N–H and O–H groups in total. The van der Waals surface area contributed by atoms with Gasteiger partial charge < -0.3 is 10.8 Å². The molecule has 2 aromatic carbocycles. The van der Waals surface area contributed by atoms with E-state index in [9.17, 15) is 5.11 Å². The minimum Gasteiger partial charge on any atom is -0.508 e. The van der Waals surface area contributed by atoms with Gasteiger partial charge in [-0.3, -0.25) is 0 Å². The van der Waals surface area contributed by atoms with Crippen LogP contribution in [0.3, 0.4) is 0 Å². The van der Waals surface area contributed by atoms with Crippen molar-refractivity contribution in [2.75, 3.05) is 5.73 Å². The molecule has 5 heteroatoms. The van der Waals surface area contributed by atoms with E-state index in [1.807, 2.05) is 37.3 Å². The topological polar surface area (TPSA) is 77.0 Å². The van der Waals surface area contributed by atoms with Crippen molar-refractivity contribution < 1.29 is 5.11 Å². The summed E-state index contributed by atoms with van der Waals surface area (Å²) in [6, 6.07) is 14.7. The average Bonchev–Trinajstić information content (AvgIpc) is 2.82. The third kappa shape index (κ3) is 2.09. The van der Waals surface area contributed by atoms with Gasteiger partial charge in [0.15, 0.2) is 5.82 Å². The third-order valence-corrected chi connectivity index (χ3v) is 3.10. The Bertz CT molecular complexity index is 747. The number of hydrogen-bond acceptors (Lipinski definition) is 4. The van der Waals surface area contributed by atoms with E-state index in [2.05, 4.69) is 10.3 Å². The zero-order valence-electron chi connectivity index (χ0n) is 11.0. The van der Waals surface area contributed by atoms with Crippen LogP contribution >= 0.6 is 0 Å². The first-order valence-electron chi connectivity index (χ1n) is 6.23. The van der Waals surface area contributed by atoms with Crippen LogP contribution in [0.15, 0.2) is 48.5 Å². The van der Waals surface area contributed by atoms with Crippen LogP contribution < -0.4 is 5.73 Å². The van der Waals surface area contributed by atoms with Gasteiger partial charge in [0.2, 0.25) is 0 Å². The second-order valence-electron chi connectivity index (χ2n) is 4.62. The Balaban J connectivity index is 2.07. The third-order valence-electron chi connectivity index (χ3n) is 3.10. The number of benzene rings is 2. The van der Waals surface area contributed by atoms with Gasteiger partial charge in [-0.2, -0.15) is 4.68 Å². The Morgan fingerprint density at radius 3 is 2.55 bits per heavy atom. The molecule has 3 aromatic rings. The molecule has 0 spiro atoms. The number of aromatic hydroxyl groups is 1. The highest BCUT2D eigenvalue weighted by molar-refractivity contribution is 5.71. The quantitative estimate of drug-likeness (QED) is 0.747. The van der Waals surface area contributed by atoms with Gasteiger partial charge in [0.1, 0.15) is 11.4 Å². The number of rotatable bonds is 2. The smallest absolute Gasteiger partial charge is 0.155 e. The van der Waals surface area contributed by atoms with Gasteiger partial charge >= 0.3 is 0 Å². The fourth-order valence-corrected chi connectivity index (χ4v) is 2.02. The number of aromatic nitrogens is 3. The molecule has 100 valence electrons. The normalized spacial score (nSPS) is 10.7. The standard InChI is InChI=1S/C15H14N4O/c1-10-5-7-11(8-6-10)14-15(16)19(18-17-14)12-3-2-4-13(20)9-12/h2-9,20H,16H2,1H3. The Hall–Kier alpha value is -2.82. The molecule has 0 aliphatic carbocycles. The van der Waals surface area contributed by atoms with Gasteiger partial charge in [0.05, 0.1) is 5.69 Å². The van der Waals surface area contributed by atoms with Crippen LogP contribution in [0.25, 0.3) is 16.9 Å². The van der Waals surface area contributed by atoms with Crippen molar-refractivity contribution in [3.05, 3.63) is 54.1 Å². The van der Waals surface area contributed by atoms with E-state index in [4.69, 9.17) is 5.73 Å². The summed E-state index contributed by atoms with van der Waals surface area (Å²) in [6.07, 6.45) is 0. The average molecular weight is 266 g/mol. The van der Waals surface area contributed by atoms with Crippen LogP contribution in [0.1, 0.15) is 5.56 Å². The molecular formula is C15H14N4O. The lowest BCUT2D eigenvalue weighted by Crippen LogP contribution is -2.02. The number of nitrogens with zero attached hydrogens (tertiary/aromatic N) is 3. The molecular weight excluding hydrogens is 252 g/mol. The number of nitrogen functional groups attached to an aromatic ring is 1. The van der Waals surface area contributed by atoms with Gasteiger partial charge in [-0.15, -0.1) is 5.10 Å². The highest BCUT2D eigenvalue weighted by Crippen LogP contribution is 2.26. The largest absolute Gasteiger partial charge is 0.508 e. The van der Waals surface area contributed by atoms with E-state index >= 15 is 0 Å². The summed E-state index contributed by atoms with van der Waals surface area (Å²) in [7, 11) is 0. The molecule has 0 unspecified atom stereocenters. The van der Waals surface area contributed by atoms with E-state index in [0.29, 0.717) is 17.2 Å². The van der Waals surface area contributed by atoms with Crippen LogP contribution in [-0.2, 0) is 0 Å². The molecule has 0 amide bonds. The molecule has 20 heavy (non-hydrogen) atoms. The van der Waals surface area contributed by atoms with E-state index in [1.165, 1.54) is 10.2 Å². The van der Waals surface area contributed by atoms with Crippen molar-refractivity contribution in [3.63, 3.8) is 0 Å². The first-order valence-corrected chi connectivity index (χ1v) is 6.23. The molecule has 0 bridgehead atoms. The number of hydrogen-bond donors (Lipinski definition) is 2. The maximum Gasteiger partial charge on any atom is 0.155 e. The number of phenols is 1. The Morgan fingerprint density at radius 2 is 1.85 bits per heavy atom. The molecule has 5 nitrogen and oxygen atoms in total.